The van der Waals surface area contributed by atoms with Crippen LogP contribution in [0.15, 0.2) is 52.3 Å². The maximum absolute atomic E-state index is 12.9. The first kappa shape index (κ1) is 22.1. The molecule has 0 unspecified atom stereocenters. The molecule has 0 aliphatic carbocycles. The summed E-state index contributed by atoms with van der Waals surface area (Å²) >= 11 is 3.28. The van der Waals surface area contributed by atoms with Crippen LogP contribution in [0.4, 0.5) is 5.13 Å². The number of rotatable bonds is 5. The van der Waals surface area contributed by atoms with Gasteiger partial charge in [0.1, 0.15) is 0 Å². The zero-order valence-electron chi connectivity index (χ0n) is 17.7. The van der Waals surface area contributed by atoms with Gasteiger partial charge in [-0.25, -0.2) is 13.4 Å². The van der Waals surface area contributed by atoms with Gasteiger partial charge in [0, 0.05) is 48.1 Å². The Bertz CT molecular complexity index is 1200. The fraction of sp³-hybridized carbons (Fsp3) is 0.364. The molecule has 1 aromatic heterocycles. The van der Waals surface area contributed by atoms with E-state index in [1.54, 1.807) is 30.0 Å². The number of hydrogen-bond acceptors (Lipinski definition) is 7. The van der Waals surface area contributed by atoms with Gasteiger partial charge in [0.05, 0.1) is 15.1 Å². The Labute approximate surface area is 191 Å². The fourth-order valence-corrected chi connectivity index (χ4v) is 6.11. The number of carbonyl (C=O) groups is 1. The second-order valence-electron chi connectivity index (χ2n) is 7.87. The van der Waals surface area contributed by atoms with Crippen molar-refractivity contribution >= 4 is 54.2 Å². The SMILES string of the molecule is CC(C)Sc1ccc(C(=O)N2CCN(c3nc4ccc(S(C)(=O)=O)cc4s3)CC2)cc1. The third-order valence-electron chi connectivity index (χ3n) is 5.09. The summed E-state index contributed by atoms with van der Waals surface area (Å²) in [5.74, 6) is 0.0582. The smallest absolute Gasteiger partial charge is 0.253 e. The molecule has 1 aliphatic heterocycles. The molecule has 1 fully saturated rings. The molecular weight excluding hydrogens is 450 g/mol. The molecule has 0 atom stereocenters. The summed E-state index contributed by atoms with van der Waals surface area (Å²) in [7, 11) is -3.24. The first-order chi connectivity index (χ1) is 14.7. The summed E-state index contributed by atoms with van der Waals surface area (Å²) in [5, 5.41) is 1.37. The van der Waals surface area contributed by atoms with Crippen LogP contribution in [0.5, 0.6) is 0 Å². The number of nitrogens with zero attached hydrogens (tertiary/aromatic N) is 3. The normalized spacial score (nSPS) is 15.1. The van der Waals surface area contributed by atoms with E-state index in [1.165, 1.54) is 22.5 Å². The van der Waals surface area contributed by atoms with E-state index < -0.39 is 9.84 Å². The van der Waals surface area contributed by atoms with Gasteiger partial charge in [-0.15, -0.1) is 11.8 Å². The van der Waals surface area contributed by atoms with Crippen molar-refractivity contribution in [2.45, 2.75) is 28.9 Å². The van der Waals surface area contributed by atoms with Crippen LogP contribution in [0.3, 0.4) is 0 Å². The molecule has 2 aromatic carbocycles. The molecule has 0 radical (unpaired) electrons. The molecule has 2 heterocycles. The molecular formula is C22H25N3O3S3. The van der Waals surface area contributed by atoms with Gasteiger partial charge in [0.15, 0.2) is 15.0 Å². The number of thioether (sulfide) groups is 1. The highest BCUT2D eigenvalue weighted by atomic mass is 32.2. The first-order valence-corrected chi connectivity index (χ1v) is 13.7. The molecule has 1 amide bonds. The number of fused-ring (bicyclic) bond motifs is 1. The molecule has 0 bridgehead atoms. The monoisotopic (exact) mass is 475 g/mol. The number of hydrogen-bond donors (Lipinski definition) is 0. The maximum atomic E-state index is 12.9. The lowest BCUT2D eigenvalue weighted by atomic mass is 10.2. The fourth-order valence-electron chi connectivity index (χ4n) is 3.49. The van der Waals surface area contributed by atoms with Crippen molar-refractivity contribution < 1.29 is 13.2 Å². The van der Waals surface area contributed by atoms with E-state index in [1.807, 2.05) is 29.2 Å². The van der Waals surface area contributed by atoms with E-state index >= 15 is 0 Å². The van der Waals surface area contributed by atoms with Crippen molar-refractivity contribution in [3.05, 3.63) is 48.0 Å². The zero-order valence-corrected chi connectivity index (χ0v) is 20.2. The predicted molar refractivity (Wildman–Crippen MR) is 128 cm³/mol. The Kier molecular flexibility index (Phi) is 6.27. The van der Waals surface area contributed by atoms with Crippen LogP contribution in [0.25, 0.3) is 10.2 Å². The summed E-state index contributed by atoms with van der Waals surface area (Å²) < 4.78 is 24.5. The second kappa shape index (κ2) is 8.80. The van der Waals surface area contributed by atoms with E-state index in [-0.39, 0.29) is 5.91 Å². The van der Waals surface area contributed by atoms with Crippen LogP contribution in [0, 0.1) is 0 Å². The van der Waals surface area contributed by atoms with Gasteiger partial charge in [0.25, 0.3) is 5.91 Å². The molecule has 1 aliphatic rings. The summed E-state index contributed by atoms with van der Waals surface area (Å²) in [4.78, 5) is 23.1. The summed E-state index contributed by atoms with van der Waals surface area (Å²) in [5.41, 5.74) is 1.51. The summed E-state index contributed by atoms with van der Waals surface area (Å²) in [6.45, 7) is 6.97. The Morgan fingerprint density at radius 2 is 1.74 bits per heavy atom. The molecule has 31 heavy (non-hydrogen) atoms. The highest BCUT2D eigenvalue weighted by molar-refractivity contribution is 7.99. The van der Waals surface area contributed by atoms with Crippen LogP contribution in [-0.4, -0.2) is 61.9 Å². The van der Waals surface area contributed by atoms with Crippen molar-refractivity contribution in [2.75, 3.05) is 37.3 Å². The molecule has 164 valence electrons. The topological polar surface area (TPSA) is 70.6 Å². The Hall–Kier alpha value is -2.10. The van der Waals surface area contributed by atoms with Gasteiger partial charge < -0.3 is 9.80 Å². The lowest BCUT2D eigenvalue weighted by Gasteiger charge is -2.34. The second-order valence-corrected chi connectivity index (χ2v) is 12.5. The van der Waals surface area contributed by atoms with Crippen molar-refractivity contribution in [1.29, 1.82) is 0 Å². The van der Waals surface area contributed by atoms with Crippen LogP contribution >= 0.6 is 23.1 Å². The molecule has 1 saturated heterocycles. The summed E-state index contributed by atoms with van der Waals surface area (Å²) in [6.07, 6.45) is 1.21. The number of piperazine rings is 1. The lowest BCUT2D eigenvalue weighted by Crippen LogP contribution is -2.48. The maximum Gasteiger partial charge on any atom is 0.253 e. The molecule has 9 heteroatoms. The van der Waals surface area contributed by atoms with E-state index in [2.05, 4.69) is 23.7 Å². The Morgan fingerprint density at radius 1 is 1.06 bits per heavy atom. The minimum Gasteiger partial charge on any atom is -0.345 e. The first-order valence-electron chi connectivity index (χ1n) is 10.1. The predicted octanol–water partition coefficient (Wildman–Crippen LogP) is 4.16. The molecule has 0 spiro atoms. The minimum atomic E-state index is -3.24. The molecule has 0 N–H and O–H groups in total. The van der Waals surface area contributed by atoms with Crippen LogP contribution in [-0.2, 0) is 9.84 Å². The van der Waals surface area contributed by atoms with Crippen LogP contribution in [0.1, 0.15) is 24.2 Å². The standard InChI is InChI=1S/C22H25N3O3S3/c1-15(2)29-17-6-4-16(5-7-17)21(26)24-10-12-25(13-11-24)22-23-19-9-8-18(31(3,27)28)14-20(19)30-22/h4-9,14-15H,10-13H2,1-3H3. The Balaban J connectivity index is 1.42. The number of anilines is 1. The van der Waals surface area contributed by atoms with Gasteiger partial charge in [-0.1, -0.05) is 25.2 Å². The Morgan fingerprint density at radius 3 is 2.35 bits per heavy atom. The number of sulfone groups is 1. The number of thiazole rings is 1. The van der Waals surface area contributed by atoms with E-state index in [4.69, 9.17) is 0 Å². The zero-order chi connectivity index (χ0) is 22.2. The van der Waals surface area contributed by atoms with E-state index in [0.29, 0.717) is 36.3 Å². The highest BCUT2D eigenvalue weighted by Gasteiger charge is 2.24. The molecule has 3 aromatic rings. The van der Waals surface area contributed by atoms with Gasteiger partial charge >= 0.3 is 0 Å². The summed E-state index contributed by atoms with van der Waals surface area (Å²) in [6, 6.07) is 12.9. The number of aromatic nitrogens is 1. The number of carbonyl (C=O) groups excluding carboxylic acids is 1. The van der Waals surface area contributed by atoms with Crippen LogP contribution < -0.4 is 4.90 Å². The van der Waals surface area contributed by atoms with Crippen molar-refractivity contribution in [2.24, 2.45) is 0 Å². The lowest BCUT2D eigenvalue weighted by molar-refractivity contribution is 0.0746. The van der Waals surface area contributed by atoms with Crippen LogP contribution in [0.2, 0.25) is 0 Å². The highest BCUT2D eigenvalue weighted by Crippen LogP contribution is 2.31. The molecule has 0 saturated carbocycles. The van der Waals surface area contributed by atoms with E-state index in [9.17, 15) is 13.2 Å². The average Bonchev–Trinajstić information content (AvgIpc) is 3.16. The van der Waals surface area contributed by atoms with Gasteiger partial charge in [-0.05, 0) is 42.5 Å². The van der Waals surface area contributed by atoms with Gasteiger partial charge in [0.2, 0.25) is 0 Å². The van der Waals surface area contributed by atoms with Crippen molar-refractivity contribution in [1.82, 2.24) is 9.88 Å². The third-order valence-corrected chi connectivity index (χ3v) is 8.29. The minimum absolute atomic E-state index is 0.0582. The average molecular weight is 476 g/mol. The van der Waals surface area contributed by atoms with Gasteiger partial charge in [-0.2, -0.15) is 0 Å². The van der Waals surface area contributed by atoms with Gasteiger partial charge in [-0.3, -0.25) is 4.79 Å². The quantitative estimate of drug-likeness (QED) is 0.516. The van der Waals surface area contributed by atoms with Crippen molar-refractivity contribution in [3.63, 3.8) is 0 Å². The number of amides is 1. The molecule has 4 rings (SSSR count). The van der Waals surface area contributed by atoms with Crippen molar-refractivity contribution in [3.8, 4) is 0 Å². The number of benzene rings is 2. The molecule has 6 nitrogen and oxygen atoms in total. The third kappa shape index (κ3) is 5.05. The van der Waals surface area contributed by atoms with E-state index in [0.717, 1.165) is 20.9 Å². The largest absolute Gasteiger partial charge is 0.345 e.